The normalized spacial score (nSPS) is 15.0. The summed E-state index contributed by atoms with van der Waals surface area (Å²) in [5, 5.41) is 7.22. The van der Waals surface area contributed by atoms with Crippen molar-refractivity contribution in [1.29, 1.82) is 0 Å². The first-order chi connectivity index (χ1) is 21.4. The van der Waals surface area contributed by atoms with E-state index in [1.165, 1.54) is 5.69 Å². The van der Waals surface area contributed by atoms with Crippen LogP contribution in [-0.2, 0) is 22.6 Å². The number of rotatable bonds is 13. The van der Waals surface area contributed by atoms with Gasteiger partial charge in [-0.05, 0) is 62.2 Å². The predicted molar refractivity (Wildman–Crippen MR) is 174 cm³/mol. The molecule has 2 amide bonds. The average Bonchev–Trinajstić information content (AvgIpc) is 3.44. The van der Waals surface area contributed by atoms with Crippen LogP contribution < -0.4 is 25.0 Å². The summed E-state index contributed by atoms with van der Waals surface area (Å²) in [5.74, 6) is 0.890. The Bertz CT molecular complexity index is 1550. The number of hydrogen-bond donors (Lipinski definition) is 3. The third kappa shape index (κ3) is 7.52. The summed E-state index contributed by atoms with van der Waals surface area (Å²) in [6.45, 7) is 10.4. The molecule has 2 heterocycles. The number of piperazine rings is 1. The zero-order valence-electron chi connectivity index (χ0n) is 25.9. The van der Waals surface area contributed by atoms with E-state index in [1.807, 2.05) is 80.7 Å². The summed E-state index contributed by atoms with van der Waals surface area (Å²) in [5.41, 5.74) is 2.85. The molecule has 0 bridgehead atoms. The molecule has 1 aliphatic rings. The molecule has 1 unspecified atom stereocenters. The minimum atomic E-state index is -1.18. The lowest BCUT2D eigenvalue weighted by atomic mass is 9.91. The maximum absolute atomic E-state index is 13.9. The first-order valence-corrected chi connectivity index (χ1v) is 15.4. The van der Waals surface area contributed by atoms with E-state index in [-0.39, 0.29) is 24.9 Å². The number of ether oxygens (including phenoxy) is 2. The Hall–Kier alpha value is -4.50. The van der Waals surface area contributed by atoms with Crippen molar-refractivity contribution in [2.24, 2.45) is 0 Å². The van der Waals surface area contributed by atoms with E-state index in [2.05, 4.69) is 37.6 Å². The second kappa shape index (κ2) is 14.3. The quantitative estimate of drug-likeness (QED) is 0.210. The number of nitrogens with zero attached hydrogens (tertiary/aromatic N) is 2. The maximum atomic E-state index is 13.9. The van der Waals surface area contributed by atoms with Gasteiger partial charge in [-0.1, -0.05) is 42.5 Å². The van der Waals surface area contributed by atoms with Gasteiger partial charge < -0.3 is 30.0 Å². The Balaban J connectivity index is 1.28. The fourth-order valence-corrected chi connectivity index (χ4v) is 5.78. The van der Waals surface area contributed by atoms with Gasteiger partial charge in [-0.25, -0.2) is 0 Å². The van der Waals surface area contributed by atoms with Crippen LogP contribution in [0.2, 0.25) is 0 Å². The molecule has 0 saturated carbocycles. The molecule has 4 aromatic rings. The molecule has 44 heavy (non-hydrogen) atoms. The monoisotopic (exact) mass is 597 g/mol. The number of hydrogen-bond acceptors (Lipinski definition) is 6. The highest BCUT2D eigenvalue weighted by Gasteiger charge is 2.36. The highest BCUT2D eigenvalue weighted by molar-refractivity contribution is 5.93. The Morgan fingerprint density at radius 2 is 1.59 bits per heavy atom. The summed E-state index contributed by atoms with van der Waals surface area (Å²) in [4.78, 5) is 35.2. The van der Waals surface area contributed by atoms with E-state index < -0.39 is 5.54 Å². The van der Waals surface area contributed by atoms with Crippen LogP contribution in [0.3, 0.4) is 0 Å². The van der Waals surface area contributed by atoms with E-state index in [1.54, 1.807) is 6.92 Å². The molecule has 1 atom stereocenters. The van der Waals surface area contributed by atoms with Crippen LogP contribution >= 0.6 is 0 Å². The summed E-state index contributed by atoms with van der Waals surface area (Å²) in [7, 11) is 0. The number of H-pyrrole nitrogens is 1. The second-order valence-corrected chi connectivity index (χ2v) is 11.3. The first-order valence-electron chi connectivity index (χ1n) is 15.4. The number of amides is 2. The maximum Gasteiger partial charge on any atom is 0.246 e. The van der Waals surface area contributed by atoms with Gasteiger partial charge in [0.05, 0.1) is 19.8 Å². The van der Waals surface area contributed by atoms with Crippen LogP contribution in [-0.4, -0.2) is 73.2 Å². The lowest BCUT2D eigenvalue weighted by molar-refractivity contribution is -0.133. The molecule has 1 fully saturated rings. The third-order valence-corrected chi connectivity index (χ3v) is 8.06. The standard InChI is InChI=1S/C35H43N5O4/c1-4-43-31-16-15-26(21-32(31)44-5-2)23-37-34(42)35(3,22-27-24-36-30-14-10-9-13-29(27)30)38-33(41)25-39-17-19-40(20-18-39)28-11-7-6-8-12-28/h6-16,21,24,36H,4-5,17-20,22-23,25H2,1-3H3,(H,37,42)(H,38,41). The Morgan fingerprint density at radius 3 is 2.34 bits per heavy atom. The Morgan fingerprint density at radius 1 is 0.886 bits per heavy atom. The van der Waals surface area contributed by atoms with Crippen molar-refractivity contribution in [1.82, 2.24) is 20.5 Å². The minimum absolute atomic E-state index is 0.171. The fraction of sp³-hybridized carbons (Fsp3) is 0.371. The zero-order valence-corrected chi connectivity index (χ0v) is 25.9. The molecule has 3 N–H and O–H groups in total. The molecule has 5 rings (SSSR count). The number of carbonyl (C=O) groups excluding carboxylic acids is 2. The second-order valence-electron chi connectivity index (χ2n) is 11.3. The van der Waals surface area contributed by atoms with Gasteiger partial charge in [0.1, 0.15) is 5.54 Å². The Kier molecular flexibility index (Phi) is 10.1. The highest BCUT2D eigenvalue weighted by Crippen LogP contribution is 2.29. The molecule has 0 spiro atoms. The number of nitrogens with one attached hydrogen (secondary N) is 3. The lowest BCUT2D eigenvalue weighted by Crippen LogP contribution is -2.60. The zero-order chi connectivity index (χ0) is 30.9. The van der Waals surface area contributed by atoms with E-state index in [0.717, 1.165) is 48.2 Å². The molecule has 232 valence electrons. The number of benzene rings is 3. The van der Waals surface area contributed by atoms with Crippen LogP contribution in [0.15, 0.2) is 79.0 Å². The van der Waals surface area contributed by atoms with E-state index >= 15 is 0 Å². The molecule has 0 radical (unpaired) electrons. The molecule has 0 aliphatic carbocycles. The predicted octanol–water partition coefficient (Wildman–Crippen LogP) is 4.52. The molecule has 1 aliphatic heterocycles. The van der Waals surface area contributed by atoms with E-state index in [4.69, 9.17) is 9.47 Å². The number of fused-ring (bicyclic) bond motifs is 1. The van der Waals surface area contributed by atoms with Crippen molar-refractivity contribution >= 4 is 28.4 Å². The molecule has 3 aromatic carbocycles. The molecular formula is C35H43N5O4. The van der Waals surface area contributed by atoms with Crippen molar-refractivity contribution in [3.63, 3.8) is 0 Å². The summed E-state index contributed by atoms with van der Waals surface area (Å²) >= 11 is 0. The molecular weight excluding hydrogens is 554 g/mol. The van der Waals surface area contributed by atoms with Crippen LogP contribution in [0, 0.1) is 0 Å². The largest absolute Gasteiger partial charge is 0.490 e. The van der Waals surface area contributed by atoms with Gasteiger partial charge in [0.15, 0.2) is 11.5 Å². The van der Waals surface area contributed by atoms with Gasteiger partial charge in [0.25, 0.3) is 0 Å². The molecule has 9 heteroatoms. The topological polar surface area (TPSA) is 98.9 Å². The summed E-state index contributed by atoms with van der Waals surface area (Å²) in [6.07, 6.45) is 2.26. The number of carbonyl (C=O) groups is 2. The number of para-hydroxylation sites is 2. The molecule has 1 saturated heterocycles. The van der Waals surface area contributed by atoms with Gasteiger partial charge in [-0.3, -0.25) is 14.5 Å². The van der Waals surface area contributed by atoms with Crippen molar-refractivity contribution in [3.8, 4) is 11.5 Å². The number of aromatic nitrogens is 1. The number of aromatic amines is 1. The van der Waals surface area contributed by atoms with Crippen LogP contribution in [0.1, 0.15) is 31.9 Å². The summed E-state index contributed by atoms with van der Waals surface area (Å²) < 4.78 is 11.4. The minimum Gasteiger partial charge on any atom is -0.490 e. The first kappa shape index (κ1) is 30.9. The highest BCUT2D eigenvalue weighted by atomic mass is 16.5. The molecule has 9 nitrogen and oxygen atoms in total. The average molecular weight is 598 g/mol. The third-order valence-electron chi connectivity index (χ3n) is 8.06. The Labute approximate surface area is 259 Å². The van der Waals surface area contributed by atoms with Gasteiger partial charge in [0, 0.05) is 61.9 Å². The lowest BCUT2D eigenvalue weighted by Gasteiger charge is -2.36. The van der Waals surface area contributed by atoms with Crippen LogP contribution in [0.5, 0.6) is 11.5 Å². The van der Waals surface area contributed by atoms with Crippen molar-refractivity contribution in [3.05, 3.63) is 90.1 Å². The van der Waals surface area contributed by atoms with E-state index in [0.29, 0.717) is 31.1 Å². The van der Waals surface area contributed by atoms with Crippen LogP contribution in [0.4, 0.5) is 5.69 Å². The van der Waals surface area contributed by atoms with Crippen molar-refractivity contribution in [2.45, 2.75) is 39.3 Å². The van der Waals surface area contributed by atoms with Gasteiger partial charge in [-0.2, -0.15) is 0 Å². The summed E-state index contributed by atoms with van der Waals surface area (Å²) in [6, 6.07) is 24.0. The van der Waals surface area contributed by atoms with Crippen molar-refractivity contribution < 1.29 is 19.1 Å². The smallest absolute Gasteiger partial charge is 0.246 e. The van der Waals surface area contributed by atoms with Crippen molar-refractivity contribution in [2.75, 3.05) is 50.8 Å². The van der Waals surface area contributed by atoms with Gasteiger partial charge in [-0.15, -0.1) is 0 Å². The van der Waals surface area contributed by atoms with Gasteiger partial charge in [0.2, 0.25) is 11.8 Å². The van der Waals surface area contributed by atoms with E-state index in [9.17, 15) is 9.59 Å². The number of anilines is 1. The fourth-order valence-electron chi connectivity index (χ4n) is 5.78. The molecule has 1 aromatic heterocycles. The van der Waals surface area contributed by atoms with Crippen LogP contribution in [0.25, 0.3) is 10.9 Å². The SMILES string of the molecule is CCOc1ccc(CNC(=O)C(C)(Cc2c[nH]c3ccccc23)NC(=O)CN2CCN(c3ccccc3)CC2)cc1OCC. The van der Waals surface area contributed by atoms with Gasteiger partial charge >= 0.3 is 0 Å².